The van der Waals surface area contributed by atoms with E-state index in [9.17, 15) is 9.59 Å². The Morgan fingerprint density at radius 2 is 1.81 bits per heavy atom. The standard InChI is InChI=1S/C20H15N3O4/c24-19(14-7-8-17-18(11-14)27-12-26-17)23-20(25)22-15-5-3-4-13(10-15)16-6-1-2-9-21-16/h1-11H,12H2,(H2,22,23,24,25). The highest BCUT2D eigenvalue weighted by Gasteiger charge is 2.17. The molecule has 0 saturated carbocycles. The summed E-state index contributed by atoms with van der Waals surface area (Å²) in [6.07, 6.45) is 1.70. The van der Waals surface area contributed by atoms with Crippen molar-refractivity contribution in [2.75, 3.05) is 12.1 Å². The molecule has 2 aromatic carbocycles. The number of amides is 3. The maximum atomic E-state index is 12.3. The molecular weight excluding hydrogens is 346 g/mol. The van der Waals surface area contributed by atoms with Gasteiger partial charge in [-0.3, -0.25) is 15.1 Å². The van der Waals surface area contributed by atoms with Crippen molar-refractivity contribution in [3.05, 3.63) is 72.4 Å². The molecule has 0 radical (unpaired) electrons. The molecule has 0 unspecified atom stereocenters. The van der Waals surface area contributed by atoms with Gasteiger partial charge in [0.2, 0.25) is 6.79 Å². The lowest BCUT2D eigenvalue weighted by atomic mass is 10.1. The number of rotatable bonds is 3. The Bertz CT molecular complexity index is 1010. The van der Waals surface area contributed by atoms with Gasteiger partial charge in [-0.05, 0) is 42.5 Å². The number of aromatic nitrogens is 1. The number of hydrogen-bond acceptors (Lipinski definition) is 5. The van der Waals surface area contributed by atoms with Gasteiger partial charge in [-0.1, -0.05) is 18.2 Å². The van der Waals surface area contributed by atoms with Crippen LogP contribution in [0.4, 0.5) is 10.5 Å². The van der Waals surface area contributed by atoms with E-state index < -0.39 is 11.9 Å². The maximum absolute atomic E-state index is 12.3. The molecule has 0 bridgehead atoms. The Kier molecular flexibility index (Phi) is 4.40. The third-order valence-electron chi connectivity index (χ3n) is 3.94. The van der Waals surface area contributed by atoms with Crippen molar-refractivity contribution in [1.29, 1.82) is 0 Å². The number of urea groups is 1. The van der Waals surface area contributed by atoms with Crippen molar-refractivity contribution in [1.82, 2.24) is 10.3 Å². The first-order chi connectivity index (χ1) is 13.2. The van der Waals surface area contributed by atoms with Crippen LogP contribution < -0.4 is 20.1 Å². The zero-order valence-electron chi connectivity index (χ0n) is 14.1. The Balaban J connectivity index is 1.43. The van der Waals surface area contributed by atoms with Crippen LogP contribution in [0, 0.1) is 0 Å². The summed E-state index contributed by atoms with van der Waals surface area (Å²) in [7, 11) is 0. The second kappa shape index (κ2) is 7.17. The molecule has 3 amide bonds. The molecule has 7 nitrogen and oxygen atoms in total. The van der Waals surface area contributed by atoms with E-state index in [0.717, 1.165) is 11.3 Å². The summed E-state index contributed by atoms with van der Waals surface area (Å²) in [6, 6.07) is 16.9. The number of pyridine rings is 1. The molecule has 2 heterocycles. The second-order valence-corrected chi connectivity index (χ2v) is 5.77. The van der Waals surface area contributed by atoms with Crippen molar-refractivity contribution < 1.29 is 19.1 Å². The predicted octanol–water partition coefficient (Wildman–Crippen LogP) is 3.44. The fraction of sp³-hybridized carbons (Fsp3) is 0.0500. The number of imide groups is 1. The first kappa shape index (κ1) is 16.6. The van der Waals surface area contributed by atoms with Crippen LogP contribution in [0.25, 0.3) is 11.3 Å². The average Bonchev–Trinajstić information content (AvgIpc) is 3.16. The largest absolute Gasteiger partial charge is 0.454 e. The molecule has 0 spiro atoms. The minimum absolute atomic E-state index is 0.119. The predicted molar refractivity (Wildman–Crippen MR) is 98.7 cm³/mol. The number of fused-ring (bicyclic) bond motifs is 1. The van der Waals surface area contributed by atoms with Crippen molar-refractivity contribution in [2.45, 2.75) is 0 Å². The Morgan fingerprint density at radius 1 is 0.926 bits per heavy atom. The zero-order chi connectivity index (χ0) is 18.6. The van der Waals surface area contributed by atoms with Crippen molar-refractivity contribution in [2.24, 2.45) is 0 Å². The Morgan fingerprint density at radius 3 is 2.67 bits per heavy atom. The van der Waals surface area contributed by atoms with Gasteiger partial charge in [-0.15, -0.1) is 0 Å². The highest BCUT2D eigenvalue weighted by molar-refractivity contribution is 6.08. The van der Waals surface area contributed by atoms with Gasteiger partial charge in [0.1, 0.15) is 0 Å². The lowest BCUT2D eigenvalue weighted by Crippen LogP contribution is -2.34. The molecule has 4 rings (SSSR count). The molecule has 134 valence electrons. The minimum Gasteiger partial charge on any atom is -0.454 e. The number of benzene rings is 2. The normalized spacial score (nSPS) is 11.7. The first-order valence-corrected chi connectivity index (χ1v) is 8.22. The van der Waals surface area contributed by atoms with Gasteiger partial charge < -0.3 is 14.8 Å². The summed E-state index contributed by atoms with van der Waals surface area (Å²) < 4.78 is 10.4. The van der Waals surface area contributed by atoms with Crippen LogP contribution in [0.1, 0.15) is 10.4 Å². The van der Waals surface area contributed by atoms with E-state index in [4.69, 9.17) is 9.47 Å². The van der Waals surface area contributed by atoms with Gasteiger partial charge in [-0.25, -0.2) is 4.79 Å². The third-order valence-corrected chi connectivity index (χ3v) is 3.94. The number of nitrogens with zero attached hydrogens (tertiary/aromatic N) is 1. The van der Waals surface area contributed by atoms with E-state index in [-0.39, 0.29) is 6.79 Å². The van der Waals surface area contributed by atoms with E-state index in [2.05, 4.69) is 15.6 Å². The third kappa shape index (κ3) is 3.72. The molecule has 1 aliphatic rings. The summed E-state index contributed by atoms with van der Waals surface area (Å²) in [5.41, 5.74) is 2.50. The van der Waals surface area contributed by atoms with Crippen LogP contribution in [0.3, 0.4) is 0 Å². The topological polar surface area (TPSA) is 89.6 Å². The highest BCUT2D eigenvalue weighted by Crippen LogP contribution is 2.32. The number of hydrogen-bond donors (Lipinski definition) is 2. The molecule has 1 aromatic heterocycles. The number of carbonyl (C=O) groups excluding carboxylic acids is 2. The van der Waals surface area contributed by atoms with E-state index in [1.807, 2.05) is 24.3 Å². The maximum Gasteiger partial charge on any atom is 0.326 e. The number of ether oxygens (including phenoxy) is 2. The van der Waals surface area contributed by atoms with E-state index in [0.29, 0.717) is 22.7 Å². The fourth-order valence-corrected chi connectivity index (χ4v) is 2.67. The Hall–Kier alpha value is -3.87. The highest BCUT2D eigenvalue weighted by atomic mass is 16.7. The summed E-state index contributed by atoms with van der Waals surface area (Å²) in [6.45, 7) is 0.119. The van der Waals surface area contributed by atoms with Crippen molar-refractivity contribution in [3.63, 3.8) is 0 Å². The quantitative estimate of drug-likeness (QED) is 0.746. The van der Waals surface area contributed by atoms with Gasteiger partial charge in [0.25, 0.3) is 5.91 Å². The summed E-state index contributed by atoms with van der Waals surface area (Å²) in [5, 5.41) is 4.94. The van der Waals surface area contributed by atoms with Crippen LogP contribution in [0.2, 0.25) is 0 Å². The van der Waals surface area contributed by atoms with Crippen LogP contribution in [-0.2, 0) is 0 Å². The van der Waals surface area contributed by atoms with Gasteiger partial charge in [0.15, 0.2) is 11.5 Å². The van der Waals surface area contributed by atoms with Gasteiger partial charge in [-0.2, -0.15) is 0 Å². The Labute approximate surface area is 155 Å². The fourth-order valence-electron chi connectivity index (χ4n) is 2.67. The molecule has 0 aliphatic carbocycles. The molecule has 27 heavy (non-hydrogen) atoms. The summed E-state index contributed by atoms with van der Waals surface area (Å²) in [5.74, 6) is 0.514. The van der Waals surface area contributed by atoms with Crippen LogP contribution in [0.15, 0.2) is 66.9 Å². The molecule has 0 fully saturated rings. The first-order valence-electron chi connectivity index (χ1n) is 8.22. The molecule has 0 atom stereocenters. The van der Waals surface area contributed by atoms with Gasteiger partial charge in [0.05, 0.1) is 5.69 Å². The monoisotopic (exact) mass is 361 g/mol. The van der Waals surface area contributed by atoms with Gasteiger partial charge in [0, 0.05) is 23.0 Å². The van der Waals surface area contributed by atoms with E-state index >= 15 is 0 Å². The molecule has 2 N–H and O–H groups in total. The molecule has 0 saturated heterocycles. The summed E-state index contributed by atoms with van der Waals surface area (Å²) >= 11 is 0. The van der Waals surface area contributed by atoms with Crippen molar-refractivity contribution in [3.8, 4) is 22.8 Å². The van der Waals surface area contributed by atoms with Crippen LogP contribution in [0.5, 0.6) is 11.5 Å². The average molecular weight is 361 g/mol. The number of anilines is 1. The van der Waals surface area contributed by atoms with Crippen LogP contribution in [-0.4, -0.2) is 23.7 Å². The number of carbonyl (C=O) groups is 2. The molecule has 1 aliphatic heterocycles. The summed E-state index contributed by atoms with van der Waals surface area (Å²) in [4.78, 5) is 28.7. The molecule has 3 aromatic rings. The SMILES string of the molecule is O=C(NC(=O)c1ccc2c(c1)OCO2)Nc1cccc(-c2ccccn2)c1. The van der Waals surface area contributed by atoms with E-state index in [1.165, 1.54) is 6.07 Å². The minimum atomic E-state index is -0.629. The van der Waals surface area contributed by atoms with Gasteiger partial charge >= 0.3 is 6.03 Å². The lowest BCUT2D eigenvalue weighted by molar-refractivity contribution is 0.0966. The number of nitrogens with one attached hydrogen (secondary N) is 2. The second-order valence-electron chi connectivity index (χ2n) is 5.77. The van der Waals surface area contributed by atoms with Crippen LogP contribution >= 0.6 is 0 Å². The van der Waals surface area contributed by atoms with Crippen molar-refractivity contribution >= 4 is 17.6 Å². The zero-order valence-corrected chi connectivity index (χ0v) is 14.1. The smallest absolute Gasteiger partial charge is 0.326 e. The lowest BCUT2D eigenvalue weighted by Gasteiger charge is -2.09. The molecule has 7 heteroatoms. The molecular formula is C20H15N3O4. The van der Waals surface area contributed by atoms with E-state index in [1.54, 1.807) is 36.5 Å².